The number of nitrogens with one attached hydrogen (secondary N) is 1. The van der Waals surface area contributed by atoms with Gasteiger partial charge in [0.2, 0.25) is 0 Å². The van der Waals surface area contributed by atoms with Crippen LogP contribution in [0.2, 0.25) is 0 Å². The van der Waals surface area contributed by atoms with Crippen molar-refractivity contribution in [2.45, 2.75) is 13.5 Å². The molecule has 0 aliphatic heterocycles. The third-order valence-electron chi connectivity index (χ3n) is 2.42. The molecule has 1 heterocycles. The number of benzene rings is 1. The van der Waals surface area contributed by atoms with Gasteiger partial charge in [-0.15, -0.1) is 0 Å². The van der Waals surface area contributed by atoms with Gasteiger partial charge in [-0.2, -0.15) is 0 Å². The Balaban J connectivity index is 2.36. The zero-order valence-corrected chi connectivity index (χ0v) is 9.66. The molecule has 2 rings (SSSR count). The first-order valence-electron chi connectivity index (χ1n) is 5.46. The predicted octanol–water partition coefficient (Wildman–Crippen LogP) is 2.81. The van der Waals surface area contributed by atoms with Gasteiger partial charge in [-0.25, -0.2) is 4.98 Å². The third-order valence-corrected chi connectivity index (χ3v) is 2.42. The van der Waals surface area contributed by atoms with Crippen molar-refractivity contribution in [3.05, 3.63) is 35.9 Å². The van der Waals surface area contributed by atoms with Gasteiger partial charge >= 0.3 is 0 Å². The summed E-state index contributed by atoms with van der Waals surface area (Å²) < 4.78 is 5.11. The van der Waals surface area contributed by atoms with Crippen LogP contribution in [0.1, 0.15) is 12.5 Å². The SMILES string of the molecule is CCNc1ccc2cc(COC)ccc2n1. The van der Waals surface area contributed by atoms with Crippen molar-refractivity contribution in [2.75, 3.05) is 19.0 Å². The average molecular weight is 216 g/mol. The summed E-state index contributed by atoms with van der Waals surface area (Å²) in [5.74, 6) is 0.925. The van der Waals surface area contributed by atoms with E-state index in [1.54, 1.807) is 7.11 Å². The topological polar surface area (TPSA) is 34.1 Å². The van der Waals surface area contributed by atoms with Crippen LogP contribution in [0.4, 0.5) is 5.82 Å². The molecule has 1 N–H and O–H groups in total. The van der Waals surface area contributed by atoms with Crippen LogP contribution in [0.3, 0.4) is 0 Å². The molecule has 0 atom stereocenters. The Bertz CT molecular complexity index is 437. The van der Waals surface area contributed by atoms with Crippen molar-refractivity contribution in [1.29, 1.82) is 0 Å². The number of aromatic nitrogens is 1. The van der Waals surface area contributed by atoms with E-state index >= 15 is 0 Å². The van der Waals surface area contributed by atoms with Crippen molar-refractivity contribution >= 4 is 16.7 Å². The Morgan fingerprint density at radius 1 is 1.25 bits per heavy atom. The Kier molecular flexibility index (Phi) is 3.37. The number of pyridine rings is 1. The molecule has 0 saturated heterocycles. The third kappa shape index (κ3) is 2.31. The molecule has 3 heteroatoms. The largest absolute Gasteiger partial charge is 0.380 e. The first kappa shape index (κ1) is 10.9. The van der Waals surface area contributed by atoms with Crippen molar-refractivity contribution < 1.29 is 4.74 Å². The van der Waals surface area contributed by atoms with Crippen LogP contribution in [0.5, 0.6) is 0 Å². The van der Waals surface area contributed by atoms with Crippen molar-refractivity contribution in [3.8, 4) is 0 Å². The van der Waals surface area contributed by atoms with Gasteiger partial charge in [0.05, 0.1) is 12.1 Å². The first-order chi connectivity index (χ1) is 7.83. The minimum Gasteiger partial charge on any atom is -0.380 e. The van der Waals surface area contributed by atoms with Crippen LogP contribution in [-0.2, 0) is 11.3 Å². The molecule has 3 nitrogen and oxygen atoms in total. The molecule has 0 aliphatic rings. The summed E-state index contributed by atoms with van der Waals surface area (Å²) in [4.78, 5) is 4.51. The van der Waals surface area contributed by atoms with Gasteiger partial charge in [-0.05, 0) is 36.8 Å². The number of nitrogens with zero attached hydrogens (tertiary/aromatic N) is 1. The monoisotopic (exact) mass is 216 g/mol. The van der Waals surface area contributed by atoms with Gasteiger partial charge in [-0.1, -0.05) is 6.07 Å². The molecular formula is C13H16N2O. The molecule has 2 aromatic rings. The Morgan fingerprint density at radius 3 is 2.88 bits per heavy atom. The summed E-state index contributed by atoms with van der Waals surface area (Å²) in [6.45, 7) is 3.60. The van der Waals surface area contributed by atoms with Crippen LogP contribution >= 0.6 is 0 Å². The summed E-state index contributed by atoms with van der Waals surface area (Å²) in [7, 11) is 1.71. The number of anilines is 1. The van der Waals surface area contributed by atoms with Crippen LogP contribution in [0.25, 0.3) is 10.9 Å². The Hall–Kier alpha value is -1.61. The number of fused-ring (bicyclic) bond motifs is 1. The molecule has 0 fully saturated rings. The lowest BCUT2D eigenvalue weighted by molar-refractivity contribution is 0.185. The predicted molar refractivity (Wildman–Crippen MR) is 66.6 cm³/mol. The fourth-order valence-corrected chi connectivity index (χ4v) is 1.71. The molecule has 16 heavy (non-hydrogen) atoms. The molecule has 1 aromatic carbocycles. The summed E-state index contributed by atoms with van der Waals surface area (Å²) in [5, 5.41) is 4.35. The second-order valence-corrected chi connectivity index (χ2v) is 3.69. The number of hydrogen-bond donors (Lipinski definition) is 1. The van der Waals surface area contributed by atoms with E-state index in [4.69, 9.17) is 4.74 Å². The van der Waals surface area contributed by atoms with Gasteiger partial charge < -0.3 is 10.1 Å². The lowest BCUT2D eigenvalue weighted by Crippen LogP contribution is -1.98. The molecule has 0 radical (unpaired) electrons. The highest BCUT2D eigenvalue weighted by Gasteiger charge is 1.99. The van der Waals surface area contributed by atoms with Gasteiger partial charge in [-0.3, -0.25) is 0 Å². The molecule has 0 spiro atoms. The minimum atomic E-state index is 0.644. The standard InChI is InChI=1S/C13H16N2O/c1-3-14-13-7-5-11-8-10(9-16-2)4-6-12(11)15-13/h4-8H,3,9H2,1-2H3,(H,14,15). The van der Waals surface area contributed by atoms with Crippen molar-refractivity contribution in [1.82, 2.24) is 4.98 Å². The number of methoxy groups -OCH3 is 1. The van der Waals surface area contributed by atoms with Crippen LogP contribution < -0.4 is 5.32 Å². The van der Waals surface area contributed by atoms with E-state index in [1.165, 1.54) is 5.56 Å². The second kappa shape index (κ2) is 4.94. The Morgan fingerprint density at radius 2 is 2.12 bits per heavy atom. The number of hydrogen-bond acceptors (Lipinski definition) is 3. The van der Waals surface area contributed by atoms with E-state index in [0.717, 1.165) is 23.3 Å². The quantitative estimate of drug-likeness (QED) is 0.853. The maximum atomic E-state index is 5.11. The minimum absolute atomic E-state index is 0.644. The van der Waals surface area contributed by atoms with Crippen molar-refractivity contribution in [3.63, 3.8) is 0 Å². The second-order valence-electron chi connectivity index (χ2n) is 3.69. The van der Waals surface area contributed by atoms with E-state index < -0.39 is 0 Å². The molecule has 0 saturated carbocycles. The number of ether oxygens (including phenoxy) is 1. The highest BCUT2D eigenvalue weighted by atomic mass is 16.5. The molecule has 0 bridgehead atoms. The highest BCUT2D eigenvalue weighted by Crippen LogP contribution is 2.17. The van der Waals surface area contributed by atoms with Gasteiger partial charge in [0.15, 0.2) is 0 Å². The number of rotatable bonds is 4. The van der Waals surface area contributed by atoms with Crippen molar-refractivity contribution in [2.24, 2.45) is 0 Å². The van der Waals surface area contributed by atoms with E-state index in [-0.39, 0.29) is 0 Å². The zero-order chi connectivity index (χ0) is 11.4. The van der Waals surface area contributed by atoms with Gasteiger partial charge in [0.1, 0.15) is 5.82 Å². The van der Waals surface area contributed by atoms with Gasteiger partial charge in [0.25, 0.3) is 0 Å². The first-order valence-corrected chi connectivity index (χ1v) is 5.46. The molecule has 1 aromatic heterocycles. The van der Waals surface area contributed by atoms with E-state index in [2.05, 4.69) is 35.4 Å². The lowest BCUT2D eigenvalue weighted by Gasteiger charge is -2.05. The highest BCUT2D eigenvalue weighted by molar-refractivity contribution is 5.80. The molecular weight excluding hydrogens is 200 g/mol. The van der Waals surface area contributed by atoms with Crippen LogP contribution in [0, 0.1) is 0 Å². The zero-order valence-electron chi connectivity index (χ0n) is 9.66. The fraction of sp³-hybridized carbons (Fsp3) is 0.308. The smallest absolute Gasteiger partial charge is 0.126 e. The van der Waals surface area contributed by atoms with E-state index in [1.807, 2.05) is 12.1 Å². The molecule has 0 unspecified atom stereocenters. The fourth-order valence-electron chi connectivity index (χ4n) is 1.71. The van der Waals surface area contributed by atoms with Crippen LogP contribution in [0.15, 0.2) is 30.3 Å². The van der Waals surface area contributed by atoms with E-state index in [0.29, 0.717) is 6.61 Å². The summed E-state index contributed by atoms with van der Waals surface area (Å²) in [5.41, 5.74) is 2.19. The van der Waals surface area contributed by atoms with E-state index in [9.17, 15) is 0 Å². The maximum Gasteiger partial charge on any atom is 0.126 e. The maximum absolute atomic E-state index is 5.11. The molecule has 0 amide bonds. The lowest BCUT2D eigenvalue weighted by atomic mass is 10.1. The van der Waals surface area contributed by atoms with Gasteiger partial charge in [0, 0.05) is 19.0 Å². The summed E-state index contributed by atoms with van der Waals surface area (Å²) >= 11 is 0. The Labute approximate surface area is 95.5 Å². The molecule has 0 aliphatic carbocycles. The summed E-state index contributed by atoms with van der Waals surface area (Å²) in [6.07, 6.45) is 0. The molecule has 84 valence electrons. The summed E-state index contributed by atoms with van der Waals surface area (Å²) in [6, 6.07) is 10.3. The average Bonchev–Trinajstić information content (AvgIpc) is 2.30. The van der Waals surface area contributed by atoms with Crippen LogP contribution in [-0.4, -0.2) is 18.6 Å². The normalized spacial score (nSPS) is 10.6.